The third-order valence-corrected chi connectivity index (χ3v) is 5.33. The average Bonchev–Trinajstić information content (AvgIpc) is 3.02. The van der Waals surface area contributed by atoms with Crippen molar-refractivity contribution in [3.63, 3.8) is 0 Å². The first-order valence-corrected chi connectivity index (χ1v) is 8.98. The van der Waals surface area contributed by atoms with Gasteiger partial charge in [0.2, 0.25) is 11.8 Å². The minimum absolute atomic E-state index is 0.140. The lowest BCUT2D eigenvalue weighted by molar-refractivity contribution is -0.136. The summed E-state index contributed by atoms with van der Waals surface area (Å²) in [7, 11) is 0. The van der Waals surface area contributed by atoms with Gasteiger partial charge in [-0.25, -0.2) is 0 Å². The maximum Gasteiger partial charge on any atom is 0.236 e. The zero-order valence-corrected chi connectivity index (χ0v) is 14.2. The van der Waals surface area contributed by atoms with Crippen LogP contribution in [0.3, 0.4) is 0 Å². The lowest BCUT2D eigenvalue weighted by atomic mass is 9.97. The topological polar surface area (TPSA) is 66.6 Å². The highest BCUT2D eigenvalue weighted by molar-refractivity contribution is 5.81. The summed E-state index contributed by atoms with van der Waals surface area (Å²) in [6.07, 6.45) is 4.96. The van der Waals surface area contributed by atoms with Crippen molar-refractivity contribution >= 4 is 11.8 Å². The van der Waals surface area contributed by atoms with Crippen molar-refractivity contribution in [1.29, 1.82) is 0 Å². The summed E-state index contributed by atoms with van der Waals surface area (Å²) in [6, 6.07) is 10.9. The lowest BCUT2D eigenvalue weighted by Gasteiger charge is -2.33. The maximum atomic E-state index is 12.7. The highest BCUT2D eigenvalue weighted by Crippen LogP contribution is 2.22. The van der Waals surface area contributed by atoms with Gasteiger partial charge in [0, 0.05) is 19.1 Å². The lowest BCUT2D eigenvalue weighted by Crippen LogP contribution is -2.48. The number of carbonyl (C=O) groups excluding carboxylic acids is 2. The number of hydrogen-bond donors (Lipinski definition) is 1. The van der Waals surface area contributed by atoms with E-state index in [1.807, 2.05) is 11.0 Å². The van der Waals surface area contributed by atoms with Gasteiger partial charge in [0.25, 0.3) is 0 Å². The molecule has 2 N–H and O–H groups in total. The van der Waals surface area contributed by atoms with Crippen molar-refractivity contribution in [3.05, 3.63) is 35.9 Å². The van der Waals surface area contributed by atoms with E-state index in [4.69, 9.17) is 5.73 Å². The Balaban J connectivity index is 1.56. The first-order chi connectivity index (χ1) is 11.6. The molecule has 2 aliphatic rings. The van der Waals surface area contributed by atoms with Crippen LogP contribution in [0.25, 0.3) is 0 Å². The number of piperidine rings is 1. The summed E-state index contributed by atoms with van der Waals surface area (Å²) in [5.41, 5.74) is 6.74. The predicted molar refractivity (Wildman–Crippen MR) is 93.2 cm³/mol. The molecule has 1 aromatic carbocycles. The summed E-state index contributed by atoms with van der Waals surface area (Å²) < 4.78 is 0. The molecule has 2 amide bonds. The SMILES string of the molecule is NC(=O)[C@@H]1CCCN(C(=O)CN2CCC[C@H]2Cc2ccccc2)C1. The molecule has 5 heteroatoms. The normalized spacial score (nSPS) is 24.9. The molecule has 3 rings (SSSR count). The van der Waals surface area contributed by atoms with Crippen LogP contribution in [-0.4, -0.2) is 53.8 Å². The molecule has 24 heavy (non-hydrogen) atoms. The van der Waals surface area contributed by atoms with Crippen LogP contribution < -0.4 is 5.73 Å². The van der Waals surface area contributed by atoms with Crippen molar-refractivity contribution in [2.45, 2.75) is 38.1 Å². The molecule has 2 fully saturated rings. The van der Waals surface area contributed by atoms with E-state index in [9.17, 15) is 9.59 Å². The number of rotatable bonds is 5. The average molecular weight is 329 g/mol. The minimum atomic E-state index is -0.282. The molecule has 0 saturated carbocycles. The highest BCUT2D eigenvalue weighted by atomic mass is 16.2. The maximum absolute atomic E-state index is 12.7. The third kappa shape index (κ3) is 4.15. The molecular formula is C19H27N3O2. The molecule has 130 valence electrons. The Kier molecular flexibility index (Phi) is 5.51. The molecule has 2 aliphatic heterocycles. The van der Waals surface area contributed by atoms with Gasteiger partial charge in [-0.3, -0.25) is 14.5 Å². The Morgan fingerprint density at radius 1 is 1.08 bits per heavy atom. The molecule has 0 aliphatic carbocycles. The molecule has 0 bridgehead atoms. The number of nitrogens with two attached hydrogens (primary N) is 1. The van der Waals surface area contributed by atoms with E-state index in [1.54, 1.807) is 0 Å². The van der Waals surface area contributed by atoms with Crippen molar-refractivity contribution in [2.24, 2.45) is 11.7 Å². The van der Waals surface area contributed by atoms with Gasteiger partial charge < -0.3 is 10.6 Å². The van der Waals surface area contributed by atoms with Crippen molar-refractivity contribution in [3.8, 4) is 0 Å². The summed E-state index contributed by atoms with van der Waals surface area (Å²) in [6.45, 7) is 2.68. The van der Waals surface area contributed by atoms with Crippen LogP contribution in [0.4, 0.5) is 0 Å². The number of carbonyl (C=O) groups is 2. The number of primary amides is 1. The third-order valence-electron chi connectivity index (χ3n) is 5.33. The molecule has 2 atom stereocenters. The van der Waals surface area contributed by atoms with Crippen LogP contribution in [0, 0.1) is 5.92 Å². The van der Waals surface area contributed by atoms with Gasteiger partial charge in [-0.05, 0) is 44.2 Å². The quantitative estimate of drug-likeness (QED) is 0.888. The van der Waals surface area contributed by atoms with Gasteiger partial charge >= 0.3 is 0 Å². The molecule has 0 spiro atoms. The largest absolute Gasteiger partial charge is 0.369 e. The van der Waals surface area contributed by atoms with E-state index in [-0.39, 0.29) is 17.7 Å². The fourth-order valence-corrected chi connectivity index (χ4v) is 3.93. The van der Waals surface area contributed by atoms with Crippen LogP contribution >= 0.6 is 0 Å². The summed E-state index contributed by atoms with van der Waals surface area (Å²) in [5, 5.41) is 0. The first kappa shape index (κ1) is 17.0. The fraction of sp³-hybridized carbons (Fsp3) is 0.579. The van der Waals surface area contributed by atoms with E-state index in [0.29, 0.717) is 19.1 Å². The molecule has 2 heterocycles. The monoisotopic (exact) mass is 329 g/mol. The van der Waals surface area contributed by atoms with Gasteiger partial charge in [0.1, 0.15) is 0 Å². The van der Waals surface area contributed by atoms with Gasteiger partial charge in [-0.15, -0.1) is 0 Å². The van der Waals surface area contributed by atoms with Crippen LogP contribution in [0.15, 0.2) is 30.3 Å². The number of likely N-dealkylation sites (tertiary alicyclic amines) is 2. The Bertz CT molecular complexity index is 575. The van der Waals surface area contributed by atoms with E-state index < -0.39 is 0 Å². The Labute approximate surface area is 143 Å². The van der Waals surface area contributed by atoms with Crippen LogP contribution in [0.5, 0.6) is 0 Å². The van der Waals surface area contributed by atoms with Gasteiger partial charge in [-0.1, -0.05) is 30.3 Å². The van der Waals surface area contributed by atoms with Crippen molar-refractivity contribution in [2.75, 3.05) is 26.2 Å². The zero-order valence-electron chi connectivity index (χ0n) is 14.2. The van der Waals surface area contributed by atoms with E-state index in [2.05, 4.69) is 29.2 Å². The van der Waals surface area contributed by atoms with E-state index >= 15 is 0 Å². The van der Waals surface area contributed by atoms with E-state index in [0.717, 1.165) is 45.2 Å². The van der Waals surface area contributed by atoms with Crippen molar-refractivity contribution in [1.82, 2.24) is 9.80 Å². The molecule has 1 aromatic rings. The smallest absolute Gasteiger partial charge is 0.236 e. The number of amides is 2. The number of hydrogen-bond acceptors (Lipinski definition) is 3. The number of nitrogens with zero attached hydrogens (tertiary/aromatic N) is 2. The molecule has 0 unspecified atom stereocenters. The predicted octanol–water partition coefficient (Wildman–Crippen LogP) is 1.42. The zero-order chi connectivity index (χ0) is 16.9. The van der Waals surface area contributed by atoms with E-state index in [1.165, 1.54) is 5.56 Å². The highest BCUT2D eigenvalue weighted by Gasteiger charge is 2.31. The molecular weight excluding hydrogens is 302 g/mol. The standard InChI is InChI=1S/C19H27N3O2/c20-19(24)16-8-4-11-22(13-16)18(23)14-21-10-5-9-17(21)12-15-6-2-1-3-7-15/h1-3,6-7,16-17H,4-5,8-14H2,(H2,20,24)/t16-,17+/m1/s1. The Morgan fingerprint density at radius 2 is 1.83 bits per heavy atom. The summed E-state index contributed by atoms with van der Waals surface area (Å²) in [4.78, 5) is 28.2. The second-order valence-electron chi connectivity index (χ2n) is 7.04. The van der Waals surface area contributed by atoms with Gasteiger partial charge in [0.05, 0.1) is 12.5 Å². The fourth-order valence-electron chi connectivity index (χ4n) is 3.93. The first-order valence-electron chi connectivity index (χ1n) is 8.98. The minimum Gasteiger partial charge on any atom is -0.369 e. The van der Waals surface area contributed by atoms with Crippen LogP contribution in [0.2, 0.25) is 0 Å². The van der Waals surface area contributed by atoms with Crippen LogP contribution in [-0.2, 0) is 16.0 Å². The second-order valence-corrected chi connectivity index (χ2v) is 7.04. The molecule has 0 radical (unpaired) electrons. The number of benzene rings is 1. The summed E-state index contributed by atoms with van der Waals surface area (Å²) in [5.74, 6) is -0.321. The van der Waals surface area contributed by atoms with Crippen LogP contribution in [0.1, 0.15) is 31.2 Å². The Hall–Kier alpha value is -1.88. The summed E-state index contributed by atoms with van der Waals surface area (Å²) >= 11 is 0. The molecule has 5 nitrogen and oxygen atoms in total. The van der Waals surface area contributed by atoms with Gasteiger partial charge in [0.15, 0.2) is 0 Å². The Morgan fingerprint density at radius 3 is 2.58 bits per heavy atom. The van der Waals surface area contributed by atoms with Crippen molar-refractivity contribution < 1.29 is 9.59 Å². The second kappa shape index (κ2) is 7.79. The molecule has 2 saturated heterocycles. The molecule has 0 aromatic heterocycles. The van der Waals surface area contributed by atoms with Gasteiger partial charge in [-0.2, -0.15) is 0 Å².